The summed E-state index contributed by atoms with van der Waals surface area (Å²) in [5.74, 6) is 0.703. The molecule has 10 atom stereocenters. The largest absolute Gasteiger partial charge is 0.472 e. The summed E-state index contributed by atoms with van der Waals surface area (Å²) in [6.07, 6.45) is -4.66. The number of alkyl halides is 2. The van der Waals surface area contributed by atoms with Gasteiger partial charge >= 0.3 is 14.5 Å². The van der Waals surface area contributed by atoms with E-state index in [4.69, 9.17) is 39.4 Å². The summed E-state index contributed by atoms with van der Waals surface area (Å²) in [5.41, 5.74) is 0.955. The van der Waals surface area contributed by atoms with E-state index in [2.05, 4.69) is 40.5 Å². The number of halogens is 2. The van der Waals surface area contributed by atoms with Crippen LogP contribution < -0.4 is 10.6 Å². The van der Waals surface area contributed by atoms with Crippen LogP contribution in [-0.2, 0) is 43.9 Å². The van der Waals surface area contributed by atoms with Crippen LogP contribution in [0, 0.1) is 0 Å². The van der Waals surface area contributed by atoms with Crippen LogP contribution in [-0.4, -0.2) is 112 Å². The fraction of sp³-hybridized carbons (Fsp3) is 0.500. The number of rotatable bonds is 0. The van der Waals surface area contributed by atoms with Crippen molar-refractivity contribution in [2.45, 2.75) is 49.2 Å². The second-order valence-electron chi connectivity index (χ2n) is 11.0. The number of hydrogen-bond donors (Lipinski definition) is 4. The molecule has 0 spiro atoms. The molecule has 0 radical (unpaired) electrons. The average molecular weight is 731 g/mol. The summed E-state index contributed by atoms with van der Waals surface area (Å²) in [6.45, 7) is -5.09. The van der Waals surface area contributed by atoms with E-state index in [1.807, 2.05) is 12.2 Å². The fourth-order valence-electron chi connectivity index (χ4n) is 5.87. The third-order valence-electron chi connectivity index (χ3n) is 8.05. The zero-order chi connectivity index (χ0) is 33.2. The van der Waals surface area contributed by atoms with Crippen molar-refractivity contribution >= 4 is 60.3 Å². The Bertz CT molecular complexity index is 1850. The second-order valence-corrected chi connectivity index (χ2v) is 15.2. The SMILES string of the molecule is O=P1(O)OCC2O[C@@H]3[C@H](F)[C@@H]2OP(O)(=S)OCC2O[C@H]([C@H](F)[C@@H]2O1)n1cnc2c(ncnc21)NC/C=C/CNc1ncnc2c1ncn23. The van der Waals surface area contributed by atoms with Crippen molar-refractivity contribution in [1.82, 2.24) is 39.0 Å². The quantitative estimate of drug-likeness (QED) is 0.149. The van der Waals surface area contributed by atoms with Gasteiger partial charge in [0.15, 0.2) is 58.8 Å². The van der Waals surface area contributed by atoms with Crippen LogP contribution in [0.25, 0.3) is 22.3 Å². The molecule has 3 fully saturated rings. The summed E-state index contributed by atoms with van der Waals surface area (Å²) in [5, 5.41) is 6.25. The Balaban J connectivity index is 1.21. The van der Waals surface area contributed by atoms with Gasteiger partial charge in [0.1, 0.15) is 37.1 Å². The van der Waals surface area contributed by atoms with Crippen molar-refractivity contribution in [3.63, 3.8) is 0 Å². The van der Waals surface area contributed by atoms with E-state index in [1.54, 1.807) is 0 Å². The van der Waals surface area contributed by atoms with Gasteiger partial charge in [0.05, 0.1) is 25.9 Å². The molecule has 48 heavy (non-hydrogen) atoms. The third-order valence-corrected chi connectivity index (χ3v) is 10.6. The number of fused-ring (bicyclic) bond motifs is 10. The van der Waals surface area contributed by atoms with Gasteiger partial charge in [0.2, 0.25) is 0 Å². The van der Waals surface area contributed by atoms with Crippen molar-refractivity contribution in [2.75, 3.05) is 36.9 Å². The Kier molecular flexibility index (Phi) is 8.24. The highest BCUT2D eigenvalue weighted by Crippen LogP contribution is 2.54. The first-order valence-electron chi connectivity index (χ1n) is 14.5. The fourth-order valence-corrected chi connectivity index (χ4v) is 8.27. The highest BCUT2D eigenvalue weighted by Gasteiger charge is 2.54. The van der Waals surface area contributed by atoms with Crippen LogP contribution in [0.4, 0.5) is 20.4 Å². The van der Waals surface area contributed by atoms with Gasteiger partial charge in [0, 0.05) is 13.1 Å². The number of nitrogens with one attached hydrogen (secondary N) is 2. The molecule has 9 rings (SSSR count). The first-order chi connectivity index (χ1) is 23.1. The minimum atomic E-state index is -5.07. The van der Waals surface area contributed by atoms with Crippen LogP contribution in [0.1, 0.15) is 12.5 Å². The lowest BCUT2D eigenvalue weighted by Crippen LogP contribution is -2.37. The predicted molar refractivity (Wildman–Crippen MR) is 162 cm³/mol. The Morgan fingerprint density at radius 1 is 0.771 bits per heavy atom. The van der Waals surface area contributed by atoms with Crippen molar-refractivity contribution in [2.24, 2.45) is 0 Å². The van der Waals surface area contributed by atoms with Gasteiger partial charge in [-0.2, -0.15) is 0 Å². The summed E-state index contributed by atoms with van der Waals surface area (Å²) >= 11 is 5.19. The molecular weight excluding hydrogens is 704 g/mol. The summed E-state index contributed by atoms with van der Waals surface area (Å²) in [7, 11) is -5.07. The number of ether oxygens (including phenoxy) is 2. The van der Waals surface area contributed by atoms with Gasteiger partial charge in [-0.3, -0.25) is 22.7 Å². The maximum Gasteiger partial charge on any atom is 0.472 e. The van der Waals surface area contributed by atoms with Crippen molar-refractivity contribution in [3.05, 3.63) is 37.5 Å². The van der Waals surface area contributed by atoms with E-state index < -0.39 is 77.0 Å². The molecule has 256 valence electrons. The maximum absolute atomic E-state index is 16.2. The monoisotopic (exact) mass is 730 g/mol. The zero-order valence-corrected chi connectivity index (χ0v) is 26.9. The van der Waals surface area contributed by atoms with E-state index in [9.17, 15) is 14.4 Å². The first-order valence-corrected chi connectivity index (χ1v) is 18.6. The van der Waals surface area contributed by atoms with Gasteiger partial charge in [-0.15, -0.1) is 0 Å². The molecule has 4 aromatic heterocycles. The normalized spacial score (nSPS) is 38.0. The van der Waals surface area contributed by atoms with E-state index >= 15 is 8.78 Å². The number of hydrogen-bond acceptors (Lipinski definition) is 16. The van der Waals surface area contributed by atoms with E-state index in [0.717, 1.165) is 0 Å². The minimum absolute atomic E-state index is 0.179. The Hall–Kier alpha value is -3.14. The standard InChI is InChI=1S/C24H26F2N10O9P2S/c25-13-17-12-6-41-47(39,48)45-18-11(5-40-46(37,38)44-17)42-24(14(18)26)36-10-34-16-20(30-8-32-22(16)36)28-4-2-1-3-27-19-15-21(31-7-29-19)35(9-33-15)23(13)43-12/h1-2,7-14,17-18,23-24H,3-6H2,(H,37,38)(H,39,48)(H,27,29,31)(H,28,30,32)/b2-1+/t11?,12?,13-,14-,17-,18-,23-,24-,47?/m1/s1. The molecule has 4 unspecified atom stereocenters. The summed E-state index contributed by atoms with van der Waals surface area (Å²) in [4.78, 5) is 47.3. The van der Waals surface area contributed by atoms with Crippen molar-refractivity contribution < 1.29 is 50.7 Å². The molecule has 0 aliphatic carbocycles. The number of imidazole rings is 2. The van der Waals surface area contributed by atoms with E-state index in [-0.39, 0.29) is 16.8 Å². The Morgan fingerprint density at radius 3 is 1.81 bits per heavy atom. The number of phosphoric ester groups is 1. The molecular formula is C24H26F2N10O9P2S. The van der Waals surface area contributed by atoms with Crippen LogP contribution in [0.2, 0.25) is 0 Å². The zero-order valence-electron chi connectivity index (χ0n) is 24.3. The number of anilines is 2. The molecule has 4 aromatic rings. The Morgan fingerprint density at radius 2 is 1.27 bits per heavy atom. The molecule has 0 saturated carbocycles. The summed E-state index contributed by atoms with van der Waals surface area (Å²) < 4.78 is 81.4. The lowest BCUT2D eigenvalue weighted by Gasteiger charge is -2.28. The molecule has 19 nitrogen and oxygen atoms in total. The van der Waals surface area contributed by atoms with Gasteiger partial charge in [0.25, 0.3) is 0 Å². The minimum Gasteiger partial charge on any atom is -0.365 e. The molecule has 3 saturated heterocycles. The molecule has 9 heterocycles. The van der Waals surface area contributed by atoms with Crippen LogP contribution in [0.15, 0.2) is 37.5 Å². The summed E-state index contributed by atoms with van der Waals surface area (Å²) in [6, 6.07) is 0. The molecule has 4 N–H and O–H groups in total. The third kappa shape index (κ3) is 5.79. The smallest absolute Gasteiger partial charge is 0.365 e. The number of phosphoric acid groups is 1. The molecule has 0 aromatic carbocycles. The van der Waals surface area contributed by atoms with E-state index in [1.165, 1.54) is 34.4 Å². The van der Waals surface area contributed by atoms with Crippen LogP contribution in [0.5, 0.6) is 0 Å². The highest BCUT2D eigenvalue weighted by molar-refractivity contribution is 8.07. The molecule has 14 bridgehead atoms. The van der Waals surface area contributed by atoms with Crippen LogP contribution >= 0.6 is 14.5 Å². The second kappa shape index (κ2) is 12.3. The molecule has 24 heteroatoms. The van der Waals surface area contributed by atoms with Gasteiger partial charge < -0.3 is 34.4 Å². The lowest BCUT2D eigenvalue weighted by molar-refractivity contribution is -0.0623. The predicted octanol–water partition coefficient (Wildman–Crippen LogP) is 1.67. The highest BCUT2D eigenvalue weighted by atomic mass is 32.5. The van der Waals surface area contributed by atoms with Crippen molar-refractivity contribution in [1.29, 1.82) is 0 Å². The topological polar surface area (TPSA) is 224 Å². The average Bonchev–Trinajstić information content (AvgIpc) is 3.81. The number of nitrogens with zero attached hydrogens (tertiary/aromatic N) is 8. The molecule has 5 aliphatic rings. The van der Waals surface area contributed by atoms with Gasteiger partial charge in [-0.25, -0.2) is 43.2 Å². The molecule has 0 amide bonds. The maximum atomic E-state index is 16.2. The van der Waals surface area contributed by atoms with E-state index in [0.29, 0.717) is 30.2 Å². The van der Waals surface area contributed by atoms with Gasteiger partial charge in [-0.05, 0) is 11.8 Å². The number of aromatic nitrogens is 8. The van der Waals surface area contributed by atoms with Gasteiger partial charge in [-0.1, -0.05) is 12.2 Å². The van der Waals surface area contributed by atoms with Crippen molar-refractivity contribution in [3.8, 4) is 0 Å². The van der Waals surface area contributed by atoms with Crippen LogP contribution in [0.3, 0.4) is 0 Å². The Labute approximate surface area is 273 Å². The lowest BCUT2D eigenvalue weighted by atomic mass is 10.1. The first kappa shape index (κ1) is 32.1. The molecule has 5 aliphatic heterocycles.